The first-order valence-electron chi connectivity index (χ1n) is 8.21. The van der Waals surface area contributed by atoms with Crippen molar-refractivity contribution in [1.29, 1.82) is 0 Å². The van der Waals surface area contributed by atoms with Gasteiger partial charge in [-0.25, -0.2) is 4.39 Å². The van der Waals surface area contributed by atoms with E-state index in [1.165, 1.54) is 12.1 Å². The highest BCUT2D eigenvalue weighted by molar-refractivity contribution is 5.73. The number of aryl methyl sites for hydroxylation is 1. The van der Waals surface area contributed by atoms with Crippen molar-refractivity contribution in [3.05, 3.63) is 59.6 Å². The van der Waals surface area contributed by atoms with Gasteiger partial charge < -0.3 is 14.1 Å². The maximum absolute atomic E-state index is 13.1. The first-order valence-corrected chi connectivity index (χ1v) is 8.21. The lowest BCUT2D eigenvalue weighted by Gasteiger charge is -2.32. The Bertz CT molecular complexity index is 948. The lowest BCUT2D eigenvalue weighted by atomic mass is 10.1. The van der Waals surface area contributed by atoms with Crippen LogP contribution in [0.25, 0.3) is 11.3 Å². The molecule has 3 aromatic rings. The van der Waals surface area contributed by atoms with Crippen LogP contribution in [0.15, 0.2) is 40.8 Å². The number of nitrogens with zero attached hydrogens (tertiary/aromatic N) is 4. The number of furan rings is 1. The van der Waals surface area contributed by atoms with Crippen molar-refractivity contribution in [3.8, 4) is 11.3 Å². The molecule has 0 amide bonds. The summed E-state index contributed by atoms with van der Waals surface area (Å²) in [4.78, 5) is 13.5. The Morgan fingerprint density at radius 1 is 1.27 bits per heavy atom. The smallest absolute Gasteiger partial charge is 0.322 e. The lowest BCUT2D eigenvalue weighted by Crippen LogP contribution is -2.47. The van der Waals surface area contributed by atoms with E-state index in [0.29, 0.717) is 37.0 Å². The van der Waals surface area contributed by atoms with Crippen molar-refractivity contribution in [2.24, 2.45) is 0 Å². The zero-order valence-electron chi connectivity index (χ0n) is 14.1. The molecule has 1 N–H and O–H groups in total. The number of aliphatic carboxylic acids is 1. The van der Waals surface area contributed by atoms with Crippen molar-refractivity contribution in [2.75, 3.05) is 0 Å². The Morgan fingerprint density at radius 3 is 2.77 bits per heavy atom. The van der Waals surface area contributed by atoms with Gasteiger partial charge >= 0.3 is 5.97 Å². The number of carboxylic acids is 1. The highest BCUT2D eigenvalue weighted by Crippen LogP contribution is 2.25. The highest BCUT2D eigenvalue weighted by Gasteiger charge is 2.33. The SMILES string of the molecule is Cc1nnc2n1CC(C(=O)O)N(Cc1ccc(-c3ccc(F)cc3)o1)C2. The van der Waals surface area contributed by atoms with Crippen LogP contribution in [-0.2, 0) is 24.4 Å². The summed E-state index contributed by atoms with van der Waals surface area (Å²) in [7, 11) is 0. The van der Waals surface area contributed by atoms with E-state index >= 15 is 0 Å². The fraction of sp³-hybridized carbons (Fsp3) is 0.278. The van der Waals surface area contributed by atoms with Crippen LogP contribution in [0.5, 0.6) is 0 Å². The van der Waals surface area contributed by atoms with Crippen LogP contribution in [0, 0.1) is 12.7 Å². The first kappa shape index (κ1) is 16.5. The van der Waals surface area contributed by atoms with E-state index in [1.54, 1.807) is 23.1 Å². The summed E-state index contributed by atoms with van der Waals surface area (Å²) >= 11 is 0. The highest BCUT2D eigenvalue weighted by atomic mass is 19.1. The second-order valence-corrected chi connectivity index (χ2v) is 6.31. The van der Waals surface area contributed by atoms with Gasteiger partial charge in [-0.05, 0) is 43.3 Å². The summed E-state index contributed by atoms with van der Waals surface area (Å²) < 4.78 is 20.7. The maximum atomic E-state index is 13.1. The van der Waals surface area contributed by atoms with Gasteiger partial charge in [0.25, 0.3) is 0 Å². The molecule has 7 nitrogen and oxygen atoms in total. The second-order valence-electron chi connectivity index (χ2n) is 6.31. The van der Waals surface area contributed by atoms with Crippen molar-refractivity contribution < 1.29 is 18.7 Å². The number of carbonyl (C=O) groups is 1. The van der Waals surface area contributed by atoms with E-state index in [9.17, 15) is 14.3 Å². The molecule has 0 aliphatic carbocycles. The van der Waals surface area contributed by atoms with Crippen LogP contribution < -0.4 is 0 Å². The number of aromatic nitrogens is 3. The van der Waals surface area contributed by atoms with Gasteiger partial charge in [0.05, 0.1) is 19.6 Å². The molecule has 0 spiro atoms. The van der Waals surface area contributed by atoms with Crippen molar-refractivity contribution >= 4 is 5.97 Å². The predicted octanol–water partition coefficient (Wildman–Crippen LogP) is 2.45. The van der Waals surface area contributed by atoms with Gasteiger partial charge in [0.1, 0.15) is 35.0 Å². The summed E-state index contributed by atoms with van der Waals surface area (Å²) in [6.45, 7) is 2.83. The minimum Gasteiger partial charge on any atom is -0.480 e. The summed E-state index contributed by atoms with van der Waals surface area (Å²) in [5, 5.41) is 17.7. The lowest BCUT2D eigenvalue weighted by molar-refractivity contribution is -0.145. The molecule has 8 heteroatoms. The fourth-order valence-electron chi connectivity index (χ4n) is 3.19. The topological polar surface area (TPSA) is 84.4 Å². The van der Waals surface area contributed by atoms with Gasteiger partial charge in [0.15, 0.2) is 0 Å². The van der Waals surface area contributed by atoms with E-state index < -0.39 is 12.0 Å². The molecule has 4 rings (SSSR count). The molecular formula is C18H17FN4O3. The molecule has 0 fully saturated rings. The van der Waals surface area contributed by atoms with Gasteiger partial charge in [-0.3, -0.25) is 9.69 Å². The number of rotatable bonds is 4. The van der Waals surface area contributed by atoms with Crippen LogP contribution in [-0.4, -0.2) is 36.8 Å². The number of carboxylic acid groups (broad SMARTS) is 1. The Labute approximate surface area is 148 Å². The molecule has 0 radical (unpaired) electrons. The van der Waals surface area contributed by atoms with E-state index in [2.05, 4.69) is 10.2 Å². The third-order valence-electron chi connectivity index (χ3n) is 4.59. The molecule has 1 unspecified atom stereocenters. The van der Waals surface area contributed by atoms with Crippen LogP contribution >= 0.6 is 0 Å². The molecule has 1 atom stereocenters. The van der Waals surface area contributed by atoms with Crippen molar-refractivity contribution in [1.82, 2.24) is 19.7 Å². The van der Waals surface area contributed by atoms with E-state index in [1.807, 2.05) is 17.6 Å². The van der Waals surface area contributed by atoms with Crippen LogP contribution in [0.4, 0.5) is 4.39 Å². The van der Waals surface area contributed by atoms with Crippen LogP contribution in [0.3, 0.4) is 0 Å². The Kier molecular flexibility index (Phi) is 4.04. The van der Waals surface area contributed by atoms with Crippen LogP contribution in [0.2, 0.25) is 0 Å². The van der Waals surface area contributed by atoms with Gasteiger partial charge in [0.2, 0.25) is 0 Å². The molecular weight excluding hydrogens is 339 g/mol. The summed E-state index contributed by atoms with van der Waals surface area (Å²) in [5.74, 6) is 1.50. The summed E-state index contributed by atoms with van der Waals surface area (Å²) in [6.07, 6.45) is 0. The number of benzene rings is 1. The molecule has 0 saturated carbocycles. The van der Waals surface area contributed by atoms with E-state index in [0.717, 1.165) is 11.4 Å². The number of fused-ring (bicyclic) bond motifs is 1. The largest absolute Gasteiger partial charge is 0.480 e. The molecule has 0 bridgehead atoms. The number of hydrogen-bond donors (Lipinski definition) is 1. The normalized spacial score (nSPS) is 17.2. The Morgan fingerprint density at radius 2 is 2.04 bits per heavy atom. The van der Waals surface area contributed by atoms with Gasteiger partial charge in [0, 0.05) is 5.56 Å². The zero-order chi connectivity index (χ0) is 18.3. The minimum atomic E-state index is -0.894. The quantitative estimate of drug-likeness (QED) is 0.773. The Balaban J connectivity index is 1.56. The third-order valence-corrected chi connectivity index (χ3v) is 4.59. The average Bonchev–Trinajstić information content (AvgIpc) is 3.22. The molecule has 2 aromatic heterocycles. The molecule has 1 aliphatic rings. The molecule has 1 aliphatic heterocycles. The van der Waals surface area contributed by atoms with Crippen molar-refractivity contribution in [3.63, 3.8) is 0 Å². The number of halogens is 1. The molecule has 1 aromatic carbocycles. The standard InChI is InChI=1S/C18H17FN4O3/c1-11-20-21-17-10-22(15(18(24)25)9-23(11)17)8-14-6-7-16(26-14)12-2-4-13(19)5-3-12/h2-7,15H,8-10H2,1H3,(H,24,25). The van der Waals surface area contributed by atoms with Gasteiger partial charge in [-0.2, -0.15) is 0 Å². The van der Waals surface area contributed by atoms with Crippen LogP contribution in [0.1, 0.15) is 17.4 Å². The monoisotopic (exact) mass is 356 g/mol. The summed E-state index contributed by atoms with van der Waals surface area (Å²) in [6, 6.07) is 8.96. The molecule has 134 valence electrons. The molecule has 26 heavy (non-hydrogen) atoms. The van der Waals surface area contributed by atoms with E-state index in [-0.39, 0.29) is 5.82 Å². The second kappa shape index (κ2) is 6.38. The minimum absolute atomic E-state index is 0.301. The molecule has 0 saturated heterocycles. The zero-order valence-corrected chi connectivity index (χ0v) is 14.1. The maximum Gasteiger partial charge on any atom is 0.322 e. The van der Waals surface area contributed by atoms with E-state index in [4.69, 9.17) is 4.42 Å². The van der Waals surface area contributed by atoms with Crippen molar-refractivity contribution in [2.45, 2.75) is 32.6 Å². The average molecular weight is 356 g/mol. The first-order chi connectivity index (χ1) is 12.5. The third kappa shape index (κ3) is 2.99. The summed E-state index contributed by atoms with van der Waals surface area (Å²) in [5.41, 5.74) is 0.765. The fourth-order valence-corrected chi connectivity index (χ4v) is 3.19. The number of hydrogen-bond acceptors (Lipinski definition) is 5. The Hall–Kier alpha value is -3.00. The molecule has 3 heterocycles. The van der Waals surface area contributed by atoms with Gasteiger partial charge in [-0.15, -0.1) is 10.2 Å². The van der Waals surface area contributed by atoms with Gasteiger partial charge in [-0.1, -0.05) is 0 Å². The predicted molar refractivity (Wildman–Crippen MR) is 89.5 cm³/mol.